The van der Waals surface area contributed by atoms with Crippen LogP contribution in [0.2, 0.25) is 0 Å². The molecule has 1 saturated carbocycles. The highest BCUT2D eigenvalue weighted by Gasteiger charge is 2.15. The minimum Gasteiger partial charge on any atom is -0.372 e. The summed E-state index contributed by atoms with van der Waals surface area (Å²) in [6, 6.07) is 17.6. The van der Waals surface area contributed by atoms with E-state index in [2.05, 4.69) is 77.7 Å². The summed E-state index contributed by atoms with van der Waals surface area (Å²) in [5.41, 5.74) is 6.03. The van der Waals surface area contributed by atoms with Gasteiger partial charge in [-0.15, -0.1) is 11.3 Å². The smallest absolute Gasteiger partial charge is 0.209 e. The molecule has 0 amide bonds. The summed E-state index contributed by atoms with van der Waals surface area (Å²) in [6.07, 6.45) is 8.73. The van der Waals surface area contributed by atoms with Crippen LogP contribution in [0.4, 0.5) is 10.8 Å². The fourth-order valence-electron chi connectivity index (χ4n) is 4.31. The second-order valence-electron chi connectivity index (χ2n) is 7.99. The van der Waals surface area contributed by atoms with Crippen LogP contribution in [0.15, 0.2) is 58.9 Å². The molecule has 1 aliphatic carbocycles. The standard InChI is InChI=1S/C26H31N3S/c1-3-29(4-2)24-16-10-20(11-17-24)18-27-26-28-25(19-30-26)23-14-12-22(13-15-23)21-8-6-5-7-9-21/h10-19,21H,3-9H2,1-2H3. The molecule has 0 spiro atoms. The molecule has 1 aromatic heterocycles. The number of benzene rings is 2. The van der Waals surface area contributed by atoms with Gasteiger partial charge in [-0.1, -0.05) is 55.7 Å². The van der Waals surface area contributed by atoms with E-state index in [0.29, 0.717) is 0 Å². The third-order valence-electron chi connectivity index (χ3n) is 6.12. The van der Waals surface area contributed by atoms with Gasteiger partial charge in [0.1, 0.15) is 0 Å². The first-order valence-corrected chi connectivity index (χ1v) is 12.1. The molecule has 3 aromatic rings. The summed E-state index contributed by atoms with van der Waals surface area (Å²) in [7, 11) is 0. The number of aliphatic imine (C=N–C) groups is 1. The number of hydrogen-bond donors (Lipinski definition) is 0. The molecule has 0 atom stereocenters. The molecule has 0 bridgehead atoms. The molecule has 4 rings (SSSR count). The third kappa shape index (κ3) is 4.99. The second-order valence-corrected chi connectivity index (χ2v) is 8.83. The Kier molecular flexibility index (Phi) is 6.96. The van der Waals surface area contributed by atoms with E-state index in [4.69, 9.17) is 4.98 Å². The van der Waals surface area contributed by atoms with E-state index in [0.717, 1.165) is 35.4 Å². The summed E-state index contributed by atoms with van der Waals surface area (Å²) in [6.45, 7) is 6.41. The Hall–Kier alpha value is -2.46. The molecule has 2 aromatic carbocycles. The fraction of sp³-hybridized carbons (Fsp3) is 0.385. The van der Waals surface area contributed by atoms with Gasteiger partial charge in [-0.25, -0.2) is 9.98 Å². The molecule has 4 heteroatoms. The molecule has 0 N–H and O–H groups in total. The zero-order valence-corrected chi connectivity index (χ0v) is 18.9. The van der Waals surface area contributed by atoms with Crippen molar-refractivity contribution in [3.63, 3.8) is 0 Å². The van der Waals surface area contributed by atoms with E-state index in [-0.39, 0.29) is 0 Å². The average Bonchev–Trinajstić information content (AvgIpc) is 3.29. The lowest BCUT2D eigenvalue weighted by molar-refractivity contribution is 0.443. The minimum atomic E-state index is 0.747. The number of nitrogens with zero attached hydrogens (tertiary/aromatic N) is 3. The predicted molar refractivity (Wildman–Crippen MR) is 131 cm³/mol. The Morgan fingerprint density at radius 1 is 0.967 bits per heavy atom. The monoisotopic (exact) mass is 417 g/mol. The van der Waals surface area contributed by atoms with Crippen molar-refractivity contribution in [3.05, 3.63) is 65.0 Å². The maximum Gasteiger partial charge on any atom is 0.209 e. The Labute approximate surface area is 184 Å². The van der Waals surface area contributed by atoms with Gasteiger partial charge in [-0.3, -0.25) is 0 Å². The Bertz CT molecular complexity index is 947. The molecule has 1 aliphatic rings. The molecule has 1 fully saturated rings. The zero-order valence-electron chi connectivity index (χ0n) is 18.1. The van der Waals surface area contributed by atoms with Crippen molar-refractivity contribution in [3.8, 4) is 11.3 Å². The molecule has 1 heterocycles. The van der Waals surface area contributed by atoms with Gasteiger partial charge in [0, 0.05) is 35.9 Å². The summed E-state index contributed by atoms with van der Waals surface area (Å²) in [5.74, 6) is 0.747. The normalized spacial score (nSPS) is 15.0. The van der Waals surface area contributed by atoms with E-state index in [1.165, 1.54) is 48.9 Å². The van der Waals surface area contributed by atoms with Gasteiger partial charge in [0.15, 0.2) is 0 Å². The van der Waals surface area contributed by atoms with Crippen molar-refractivity contribution in [1.82, 2.24) is 4.98 Å². The highest BCUT2D eigenvalue weighted by molar-refractivity contribution is 7.13. The van der Waals surface area contributed by atoms with Gasteiger partial charge in [-0.05, 0) is 55.9 Å². The first-order chi connectivity index (χ1) is 14.8. The van der Waals surface area contributed by atoms with E-state index >= 15 is 0 Å². The average molecular weight is 418 g/mol. The van der Waals surface area contributed by atoms with E-state index in [1.807, 2.05) is 6.21 Å². The fourth-order valence-corrected chi connectivity index (χ4v) is 4.98. The van der Waals surface area contributed by atoms with Gasteiger partial charge < -0.3 is 4.90 Å². The van der Waals surface area contributed by atoms with Crippen LogP contribution in [0.25, 0.3) is 11.3 Å². The van der Waals surface area contributed by atoms with E-state index in [9.17, 15) is 0 Å². The number of anilines is 1. The molecule has 0 aliphatic heterocycles. The van der Waals surface area contributed by atoms with Crippen molar-refractivity contribution >= 4 is 28.4 Å². The zero-order chi connectivity index (χ0) is 20.8. The predicted octanol–water partition coefficient (Wildman–Crippen LogP) is 7.45. The van der Waals surface area contributed by atoms with Crippen LogP contribution in [-0.2, 0) is 0 Å². The first-order valence-electron chi connectivity index (χ1n) is 11.2. The molecule has 0 unspecified atom stereocenters. The lowest BCUT2D eigenvalue weighted by atomic mass is 9.84. The van der Waals surface area contributed by atoms with Crippen LogP contribution in [0.5, 0.6) is 0 Å². The number of rotatable bonds is 7. The number of aromatic nitrogens is 1. The molecule has 3 nitrogen and oxygen atoms in total. The molecular weight excluding hydrogens is 386 g/mol. The van der Waals surface area contributed by atoms with Crippen molar-refractivity contribution in [2.75, 3.05) is 18.0 Å². The van der Waals surface area contributed by atoms with Crippen LogP contribution in [0.1, 0.15) is 63.0 Å². The largest absolute Gasteiger partial charge is 0.372 e. The van der Waals surface area contributed by atoms with Crippen molar-refractivity contribution in [2.45, 2.75) is 51.9 Å². The van der Waals surface area contributed by atoms with E-state index in [1.54, 1.807) is 11.3 Å². The lowest BCUT2D eigenvalue weighted by Gasteiger charge is -2.22. The van der Waals surface area contributed by atoms with Gasteiger partial charge >= 0.3 is 0 Å². The van der Waals surface area contributed by atoms with Crippen LogP contribution in [-0.4, -0.2) is 24.3 Å². The van der Waals surface area contributed by atoms with Crippen molar-refractivity contribution in [1.29, 1.82) is 0 Å². The van der Waals surface area contributed by atoms with Gasteiger partial charge in [0.05, 0.1) is 5.69 Å². The maximum atomic E-state index is 4.72. The number of hydrogen-bond acceptors (Lipinski definition) is 4. The highest BCUT2D eigenvalue weighted by atomic mass is 32.1. The van der Waals surface area contributed by atoms with Crippen molar-refractivity contribution < 1.29 is 0 Å². The SMILES string of the molecule is CCN(CC)c1ccc(C=Nc2nc(-c3ccc(C4CCCCC4)cc3)cs2)cc1. The molecule has 0 radical (unpaired) electrons. The minimum absolute atomic E-state index is 0.747. The maximum absolute atomic E-state index is 4.72. The van der Waals surface area contributed by atoms with Crippen LogP contribution in [0.3, 0.4) is 0 Å². The van der Waals surface area contributed by atoms with Crippen molar-refractivity contribution in [2.24, 2.45) is 4.99 Å². The Morgan fingerprint density at radius 3 is 2.33 bits per heavy atom. The molecule has 0 saturated heterocycles. The second kappa shape index (κ2) is 10.0. The topological polar surface area (TPSA) is 28.5 Å². The third-order valence-corrected chi connectivity index (χ3v) is 6.87. The van der Waals surface area contributed by atoms with E-state index < -0.39 is 0 Å². The van der Waals surface area contributed by atoms with Gasteiger partial charge in [0.2, 0.25) is 5.13 Å². The highest BCUT2D eigenvalue weighted by Crippen LogP contribution is 2.34. The molecular formula is C26H31N3S. The molecule has 156 valence electrons. The van der Waals surface area contributed by atoms with Gasteiger partial charge in [0.25, 0.3) is 0 Å². The van der Waals surface area contributed by atoms with Gasteiger partial charge in [-0.2, -0.15) is 0 Å². The van der Waals surface area contributed by atoms with Crippen LogP contribution >= 0.6 is 11.3 Å². The summed E-state index contributed by atoms with van der Waals surface area (Å²) in [4.78, 5) is 11.7. The first kappa shape index (κ1) is 20.8. The summed E-state index contributed by atoms with van der Waals surface area (Å²) in [5, 5.41) is 2.90. The summed E-state index contributed by atoms with van der Waals surface area (Å²) >= 11 is 1.59. The Morgan fingerprint density at radius 2 is 1.67 bits per heavy atom. The molecule has 30 heavy (non-hydrogen) atoms. The van der Waals surface area contributed by atoms with Crippen LogP contribution < -0.4 is 4.90 Å². The quantitative estimate of drug-likeness (QED) is 0.373. The number of thiazole rings is 1. The van der Waals surface area contributed by atoms with Crippen LogP contribution in [0, 0.1) is 0 Å². The Balaban J connectivity index is 1.41. The lowest BCUT2D eigenvalue weighted by Crippen LogP contribution is -2.21. The summed E-state index contributed by atoms with van der Waals surface area (Å²) < 4.78 is 0.